The lowest BCUT2D eigenvalue weighted by Crippen LogP contribution is -2.66. The van der Waals surface area contributed by atoms with Crippen LogP contribution >= 0.6 is 0 Å². The Morgan fingerprint density at radius 3 is 2.04 bits per heavy atom. The van der Waals surface area contributed by atoms with Gasteiger partial charge in [0.1, 0.15) is 0 Å². The first-order valence-corrected chi connectivity index (χ1v) is 19.1. The molecule has 1 saturated carbocycles. The van der Waals surface area contributed by atoms with E-state index in [1.165, 1.54) is 29.6 Å². The zero-order chi connectivity index (χ0) is 33.6. The van der Waals surface area contributed by atoms with Gasteiger partial charge in [0, 0.05) is 30.5 Å². The zero-order valence-electron chi connectivity index (χ0n) is 28.7. The second-order valence-electron chi connectivity index (χ2n) is 14.4. The number of carbonyl (C=O) groups excluding carboxylic acids is 1. The van der Waals surface area contributed by atoms with Gasteiger partial charge in [0.25, 0.3) is 19.8 Å². The Bertz CT molecular complexity index is 1700. The van der Waals surface area contributed by atoms with Crippen molar-refractivity contribution in [1.29, 1.82) is 0 Å². The van der Waals surface area contributed by atoms with Crippen LogP contribution in [-0.2, 0) is 11.0 Å². The van der Waals surface area contributed by atoms with E-state index >= 15 is 0 Å². The fourth-order valence-electron chi connectivity index (χ4n) is 7.86. The molecule has 1 fully saturated rings. The normalized spacial score (nSPS) is 17.5. The first-order chi connectivity index (χ1) is 22.5. The minimum Gasteiger partial charge on any atom is -0.407 e. The van der Waals surface area contributed by atoms with Gasteiger partial charge in [-0.05, 0) is 77.9 Å². The second kappa shape index (κ2) is 15.0. The third-order valence-electron chi connectivity index (χ3n) is 10.3. The quantitative estimate of drug-likeness (QED) is 0.158. The highest BCUT2D eigenvalue weighted by Crippen LogP contribution is 2.42. The lowest BCUT2D eigenvalue weighted by molar-refractivity contribution is 0.0947. The van der Waals surface area contributed by atoms with E-state index in [-0.39, 0.29) is 5.04 Å². The fourth-order valence-corrected chi connectivity index (χ4v) is 12.4. The molecule has 0 saturated heterocycles. The summed E-state index contributed by atoms with van der Waals surface area (Å²) < 4.78 is 9.55. The van der Waals surface area contributed by atoms with Crippen LogP contribution in [0.2, 0.25) is 5.04 Å². The molecule has 2 unspecified atom stereocenters. The van der Waals surface area contributed by atoms with E-state index in [0.29, 0.717) is 35.4 Å². The van der Waals surface area contributed by atoms with Crippen LogP contribution in [0.3, 0.4) is 0 Å². The molecule has 0 amide bonds. The molecule has 0 spiro atoms. The first kappa shape index (κ1) is 34.5. The van der Waals surface area contributed by atoms with Crippen LogP contribution in [-0.4, -0.2) is 30.0 Å². The molecule has 7 heteroatoms. The van der Waals surface area contributed by atoms with Crippen molar-refractivity contribution in [2.24, 2.45) is 17.8 Å². The molecule has 1 aliphatic carbocycles. The van der Waals surface area contributed by atoms with E-state index in [9.17, 15) is 14.4 Å². The zero-order valence-corrected chi connectivity index (χ0v) is 29.7. The highest BCUT2D eigenvalue weighted by Gasteiger charge is 2.50. The maximum Gasteiger partial charge on any atom is 0.338 e. The first-order valence-electron chi connectivity index (χ1n) is 17.2. The number of hydrogen-bond donors (Lipinski definition) is 0. The van der Waals surface area contributed by atoms with Gasteiger partial charge in [0.15, 0.2) is 0 Å². The van der Waals surface area contributed by atoms with Crippen molar-refractivity contribution in [2.45, 2.75) is 84.7 Å². The SMILES string of the molecule is Cc1cn(CCCC2CCCC2[C@@H](C)CCO[Si](c2ccccc2)(c2ccccc2)C(C)(C)C)c(=O)n(C(=O)c2ccccc2)c1=O. The van der Waals surface area contributed by atoms with Gasteiger partial charge in [-0.1, -0.05) is 119 Å². The molecular weight excluding hydrogens is 601 g/mol. The van der Waals surface area contributed by atoms with Crippen LogP contribution in [0.5, 0.6) is 0 Å². The van der Waals surface area contributed by atoms with Crippen molar-refractivity contribution >= 4 is 24.6 Å². The van der Waals surface area contributed by atoms with E-state index in [2.05, 4.69) is 88.4 Å². The second-order valence-corrected chi connectivity index (χ2v) is 18.7. The molecule has 3 atom stereocenters. The fraction of sp³-hybridized carbons (Fsp3) is 0.425. The van der Waals surface area contributed by atoms with Gasteiger partial charge in [-0.2, -0.15) is 4.57 Å². The van der Waals surface area contributed by atoms with Crippen molar-refractivity contribution < 1.29 is 9.22 Å². The van der Waals surface area contributed by atoms with Gasteiger partial charge >= 0.3 is 5.69 Å². The predicted octanol–water partition coefficient (Wildman–Crippen LogP) is 6.81. The summed E-state index contributed by atoms with van der Waals surface area (Å²) in [6.45, 7) is 12.2. The summed E-state index contributed by atoms with van der Waals surface area (Å²) in [4.78, 5) is 39.3. The highest BCUT2D eigenvalue weighted by atomic mass is 28.4. The van der Waals surface area contributed by atoms with Crippen LogP contribution in [0.4, 0.5) is 0 Å². The third-order valence-corrected chi connectivity index (χ3v) is 15.3. The summed E-state index contributed by atoms with van der Waals surface area (Å²) in [5.41, 5.74) is -0.399. The van der Waals surface area contributed by atoms with Crippen LogP contribution < -0.4 is 21.6 Å². The lowest BCUT2D eigenvalue weighted by Gasteiger charge is -2.43. The largest absolute Gasteiger partial charge is 0.407 e. The summed E-state index contributed by atoms with van der Waals surface area (Å²) >= 11 is 0. The Hall–Kier alpha value is -3.81. The molecule has 1 aromatic heterocycles. The van der Waals surface area contributed by atoms with Crippen molar-refractivity contribution in [3.8, 4) is 0 Å². The van der Waals surface area contributed by atoms with E-state index in [4.69, 9.17) is 4.43 Å². The number of benzene rings is 3. The molecule has 6 nitrogen and oxygen atoms in total. The number of rotatable bonds is 12. The maximum atomic E-state index is 13.3. The minimum absolute atomic E-state index is 0.0422. The van der Waals surface area contributed by atoms with Crippen LogP contribution in [0.15, 0.2) is 107 Å². The molecule has 1 heterocycles. The van der Waals surface area contributed by atoms with E-state index in [1.807, 2.05) is 0 Å². The summed E-state index contributed by atoms with van der Waals surface area (Å²) in [6, 6.07) is 30.2. The Morgan fingerprint density at radius 2 is 1.47 bits per heavy atom. The number of nitrogens with zero attached hydrogens (tertiary/aromatic N) is 2. The maximum absolute atomic E-state index is 13.3. The third kappa shape index (κ3) is 7.36. The summed E-state index contributed by atoms with van der Waals surface area (Å²) in [5.74, 6) is 1.15. The smallest absolute Gasteiger partial charge is 0.338 e. The topological polar surface area (TPSA) is 70.3 Å². The summed E-state index contributed by atoms with van der Waals surface area (Å²) in [5, 5.41) is 2.58. The average Bonchev–Trinajstić information content (AvgIpc) is 3.55. The number of aromatic nitrogens is 2. The van der Waals surface area contributed by atoms with E-state index in [1.54, 1.807) is 48.0 Å². The molecule has 0 aliphatic heterocycles. The number of carbonyl (C=O) groups is 1. The van der Waals surface area contributed by atoms with Crippen molar-refractivity contribution in [3.05, 3.63) is 129 Å². The Kier molecular flexibility index (Phi) is 11.0. The molecule has 47 heavy (non-hydrogen) atoms. The standard InChI is InChI=1S/C40H50N2O4Si/c1-30(26-28-46-47(40(3,4)5,34-21-11-7-12-22-34)35-23-13-8-14-24-35)36-25-15-19-32(36)20-16-27-41-29-31(2)37(43)42(39(41)45)38(44)33-17-9-6-10-18-33/h6-14,17-18,21-24,29-30,32,36H,15-16,19-20,25-28H2,1-5H3/t30-,32?,36?/m0/s1. The van der Waals surface area contributed by atoms with Crippen LogP contribution in [0, 0.1) is 24.7 Å². The Balaban J connectivity index is 1.25. The monoisotopic (exact) mass is 650 g/mol. The highest BCUT2D eigenvalue weighted by molar-refractivity contribution is 6.99. The van der Waals surface area contributed by atoms with Gasteiger partial charge in [-0.25, -0.2) is 4.79 Å². The molecule has 0 radical (unpaired) electrons. The van der Waals surface area contributed by atoms with Gasteiger partial charge in [0.2, 0.25) is 0 Å². The summed E-state index contributed by atoms with van der Waals surface area (Å²) in [6.07, 6.45) is 8.11. The van der Waals surface area contributed by atoms with Crippen LogP contribution in [0.1, 0.15) is 82.1 Å². The molecule has 3 aromatic carbocycles. The van der Waals surface area contributed by atoms with E-state index < -0.39 is 25.5 Å². The molecule has 0 N–H and O–H groups in total. The molecule has 248 valence electrons. The predicted molar refractivity (Wildman–Crippen MR) is 193 cm³/mol. The van der Waals surface area contributed by atoms with Gasteiger partial charge in [-0.15, -0.1) is 0 Å². The Morgan fingerprint density at radius 1 is 0.894 bits per heavy atom. The van der Waals surface area contributed by atoms with Crippen molar-refractivity contribution in [2.75, 3.05) is 6.61 Å². The van der Waals surface area contributed by atoms with Crippen LogP contribution in [0.25, 0.3) is 0 Å². The summed E-state index contributed by atoms with van der Waals surface area (Å²) in [7, 11) is -2.56. The lowest BCUT2D eigenvalue weighted by atomic mass is 9.81. The minimum atomic E-state index is -2.56. The van der Waals surface area contributed by atoms with Gasteiger partial charge < -0.3 is 4.43 Å². The van der Waals surface area contributed by atoms with Gasteiger partial charge in [-0.3, -0.25) is 14.2 Å². The number of hydrogen-bond acceptors (Lipinski definition) is 4. The molecule has 0 bridgehead atoms. The molecular formula is C40H50N2O4Si. The number of aryl methyl sites for hydroxylation is 2. The molecule has 1 aliphatic rings. The molecule has 4 aromatic rings. The van der Waals surface area contributed by atoms with E-state index in [0.717, 1.165) is 30.4 Å². The average molecular weight is 651 g/mol. The van der Waals surface area contributed by atoms with Crippen molar-refractivity contribution in [3.63, 3.8) is 0 Å². The molecule has 5 rings (SSSR count). The van der Waals surface area contributed by atoms with Crippen molar-refractivity contribution in [1.82, 2.24) is 9.13 Å². The Labute approximate surface area is 280 Å². The van der Waals surface area contributed by atoms with Gasteiger partial charge in [0.05, 0.1) is 0 Å².